The molecule has 0 aliphatic carbocycles. The Morgan fingerprint density at radius 1 is 1.26 bits per heavy atom. The van der Waals surface area contributed by atoms with Gasteiger partial charge in [-0.25, -0.2) is 4.98 Å². The monoisotopic (exact) mass is 324 g/mol. The van der Waals surface area contributed by atoms with Crippen LogP contribution < -0.4 is 11.2 Å². The molecule has 0 aliphatic heterocycles. The maximum absolute atomic E-state index is 11.5. The van der Waals surface area contributed by atoms with Gasteiger partial charge in [0.15, 0.2) is 10.6 Å². The molecule has 0 radical (unpaired) electrons. The number of imidazole rings is 1. The molecule has 0 atom stereocenters. The van der Waals surface area contributed by atoms with Crippen LogP contribution in [0, 0.1) is 6.92 Å². The number of anilines is 1. The molecule has 23 heavy (non-hydrogen) atoms. The van der Waals surface area contributed by atoms with Gasteiger partial charge in [0.25, 0.3) is 0 Å². The quantitative estimate of drug-likeness (QED) is 0.608. The zero-order valence-corrected chi connectivity index (χ0v) is 13.5. The number of nitrogens with one attached hydrogen (secondary N) is 1. The number of hydrogen-bond donors (Lipinski definition) is 2. The molecule has 0 aliphatic rings. The van der Waals surface area contributed by atoms with Crippen molar-refractivity contribution in [2.45, 2.75) is 19.8 Å². The highest BCUT2D eigenvalue weighted by Crippen LogP contribution is 2.25. The lowest BCUT2D eigenvalue weighted by Crippen LogP contribution is -1.99. The third-order valence-corrected chi connectivity index (χ3v) is 4.98. The van der Waals surface area contributed by atoms with Gasteiger partial charge in [0.1, 0.15) is 5.65 Å². The van der Waals surface area contributed by atoms with E-state index in [0.717, 1.165) is 40.1 Å². The lowest BCUT2D eigenvalue weighted by atomic mass is 10.1. The van der Waals surface area contributed by atoms with Gasteiger partial charge in [-0.15, -0.1) is 0 Å². The van der Waals surface area contributed by atoms with Crippen molar-refractivity contribution in [3.05, 3.63) is 63.7 Å². The molecular formula is C17H16N4OS. The van der Waals surface area contributed by atoms with Crippen LogP contribution in [0.5, 0.6) is 0 Å². The SMILES string of the molecule is Cc1c(CCc2ccc3nc(N)sc3c2)[nH]c2cc(=O)ccn12. The molecule has 3 heterocycles. The number of aryl methyl sites for hydroxylation is 3. The molecule has 116 valence electrons. The van der Waals surface area contributed by atoms with Gasteiger partial charge in [0.05, 0.1) is 10.2 Å². The van der Waals surface area contributed by atoms with Crippen molar-refractivity contribution in [3.8, 4) is 0 Å². The maximum atomic E-state index is 11.5. The zero-order chi connectivity index (χ0) is 16.0. The summed E-state index contributed by atoms with van der Waals surface area (Å²) < 4.78 is 3.14. The molecule has 0 saturated heterocycles. The molecule has 0 spiro atoms. The molecule has 0 saturated carbocycles. The average molecular weight is 324 g/mol. The van der Waals surface area contributed by atoms with E-state index in [4.69, 9.17) is 5.73 Å². The minimum Gasteiger partial charge on any atom is -0.375 e. The Bertz CT molecular complexity index is 1070. The van der Waals surface area contributed by atoms with Gasteiger partial charge in [-0.1, -0.05) is 17.4 Å². The summed E-state index contributed by atoms with van der Waals surface area (Å²) in [5, 5.41) is 0.605. The van der Waals surface area contributed by atoms with E-state index in [2.05, 4.69) is 29.0 Å². The number of aromatic nitrogens is 3. The fourth-order valence-electron chi connectivity index (χ4n) is 2.92. The molecule has 6 heteroatoms. The predicted molar refractivity (Wildman–Crippen MR) is 94.2 cm³/mol. The van der Waals surface area contributed by atoms with Crippen molar-refractivity contribution in [2.24, 2.45) is 0 Å². The summed E-state index contributed by atoms with van der Waals surface area (Å²) in [7, 11) is 0. The summed E-state index contributed by atoms with van der Waals surface area (Å²) in [6.45, 7) is 2.07. The summed E-state index contributed by atoms with van der Waals surface area (Å²) in [5.74, 6) is 0. The number of H-pyrrole nitrogens is 1. The van der Waals surface area contributed by atoms with Gasteiger partial charge < -0.3 is 15.1 Å². The third kappa shape index (κ3) is 2.51. The number of benzene rings is 1. The number of thiazole rings is 1. The molecule has 0 unspecified atom stereocenters. The van der Waals surface area contributed by atoms with Crippen molar-refractivity contribution in [3.63, 3.8) is 0 Å². The maximum Gasteiger partial charge on any atom is 0.183 e. The Morgan fingerprint density at radius 3 is 3.00 bits per heavy atom. The summed E-state index contributed by atoms with van der Waals surface area (Å²) in [5.41, 5.74) is 11.1. The number of fused-ring (bicyclic) bond motifs is 2. The number of hydrogen-bond acceptors (Lipinski definition) is 4. The van der Waals surface area contributed by atoms with Crippen LogP contribution in [-0.4, -0.2) is 14.4 Å². The number of pyridine rings is 1. The van der Waals surface area contributed by atoms with Gasteiger partial charge in [0, 0.05) is 29.7 Å². The fraction of sp³-hybridized carbons (Fsp3) is 0.176. The predicted octanol–water partition coefficient (Wildman–Crippen LogP) is 2.91. The Hall–Kier alpha value is -2.60. The van der Waals surface area contributed by atoms with E-state index in [1.165, 1.54) is 16.9 Å². The van der Waals surface area contributed by atoms with Crippen LogP contribution in [0.3, 0.4) is 0 Å². The van der Waals surface area contributed by atoms with Crippen LogP contribution in [0.25, 0.3) is 15.9 Å². The van der Waals surface area contributed by atoms with Crippen molar-refractivity contribution in [1.29, 1.82) is 0 Å². The second kappa shape index (κ2) is 5.24. The van der Waals surface area contributed by atoms with E-state index in [-0.39, 0.29) is 5.43 Å². The lowest BCUT2D eigenvalue weighted by Gasteiger charge is -2.02. The van der Waals surface area contributed by atoms with E-state index in [9.17, 15) is 4.79 Å². The molecule has 3 N–H and O–H groups in total. The number of nitrogen functional groups attached to an aromatic ring is 1. The van der Waals surface area contributed by atoms with Crippen LogP contribution in [0.2, 0.25) is 0 Å². The second-order valence-corrected chi connectivity index (χ2v) is 6.72. The lowest BCUT2D eigenvalue weighted by molar-refractivity contribution is 0.912. The van der Waals surface area contributed by atoms with Gasteiger partial charge in [-0.05, 0) is 37.5 Å². The van der Waals surface area contributed by atoms with Crippen LogP contribution in [0.15, 0.2) is 41.3 Å². The number of aromatic amines is 1. The van der Waals surface area contributed by atoms with Crippen LogP contribution in [0.1, 0.15) is 17.0 Å². The second-order valence-electron chi connectivity index (χ2n) is 5.66. The molecule has 5 nitrogen and oxygen atoms in total. The Labute approximate surface area is 136 Å². The topological polar surface area (TPSA) is 76.2 Å². The molecule has 0 amide bonds. The zero-order valence-electron chi connectivity index (χ0n) is 12.7. The highest BCUT2D eigenvalue weighted by molar-refractivity contribution is 7.22. The third-order valence-electron chi connectivity index (χ3n) is 4.14. The largest absolute Gasteiger partial charge is 0.375 e. The van der Waals surface area contributed by atoms with Gasteiger partial charge in [-0.2, -0.15) is 0 Å². The summed E-state index contributed by atoms with van der Waals surface area (Å²) in [4.78, 5) is 19.1. The molecule has 4 rings (SSSR count). The standard InChI is InChI=1S/C17H16N4OS/c1-10-13(19-16-9-12(22)6-7-21(10)16)4-2-11-3-5-14-15(8-11)23-17(18)20-14/h3,5-9,19H,2,4H2,1H3,(H2,18,20). The minimum absolute atomic E-state index is 0.0195. The summed E-state index contributed by atoms with van der Waals surface area (Å²) >= 11 is 1.52. The van der Waals surface area contributed by atoms with Crippen molar-refractivity contribution >= 4 is 32.3 Å². The van der Waals surface area contributed by atoms with Crippen LogP contribution in [-0.2, 0) is 12.8 Å². The Morgan fingerprint density at radius 2 is 2.13 bits per heavy atom. The molecule has 1 aromatic carbocycles. The van der Waals surface area contributed by atoms with Crippen LogP contribution in [0.4, 0.5) is 5.13 Å². The van der Waals surface area contributed by atoms with E-state index in [1.807, 2.05) is 16.7 Å². The molecule has 3 aromatic heterocycles. The summed E-state index contributed by atoms with van der Waals surface area (Å²) in [6.07, 6.45) is 3.63. The molecule has 0 fully saturated rings. The van der Waals surface area contributed by atoms with Gasteiger partial charge in [-0.3, -0.25) is 4.79 Å². The first-order valence-electron chi connectivity index (χ1n) is 7.45. The van der Waals surface area contributed by atoms with Crippen molar-refractivity contribution < 1.29 is 0 Å². The smallest absolute Gasteiger partial charge is 0.183 e. The van der Waals surface area contributed by atoms with E-state index in [1.54, 1.807) is 12.1 Å². The minimum atomic E-state index is 0.0195. The number of rotatable bonds is 3. The van der Waals surface area contributed by atoms with E-state index in [0.29, 0.717) is 5.13 Å². The first kappa shape index (κ1) is 14.0. The van der Waals surface area contributed by atoms with Crippen LogP contribution >= 0.6 is 11.3 Å². The fourth-order valence-corrected chi connectivity index (χ4v) is 3.71. The highest BCUT2D eigenvalue weighted by atomic mass is 32.1. The molecular weight excluding hydrogens is 308 g/mol. The van der Waals surface area contributed by atoms with Crippen molar-refractivity contribution in [2.75, 3.05) is 5.73 Å². The van der Waals surface area contributed by atoms with E-state index >= 15 is 0 Å². The Kier molecular flexibility index (Phi) is 3.20. The highest BCUT2D eigenvalue weighted by Gasteiger charge is 2.08. The van der Waals surface area contributed by atoms with E-state index < -0.39 is 0 Å². The number of nitrogens with zero attached hydrogens (tertiary/aromatic N) is 2. The first-order valence-corrected chi connectivity index (χ1v) is 8.26. The normalized spacial score (nSPS) is 11.5. The molecule has 0 bridgehead atoms. The molecule has 4 aromatic rings. The Balaban J connectivity index is 1.62. The first-order chi connectivity index (χ1) is 11.1. The summed E-state index contributed by atoms with van der Waals surface area (Å²) in [6, 6.07) is 9.49. The van der Waals surface area contributed by atoms with Gasteiger partial charge >= 0.3 is 0 Å². The van der Waals surface area contributed by atoms with Gasteiger partial charge in [0.2, 0.25) is 0 Å². The van der Waals surface area contributed by atoms with Crippen molar-refractivity contribution in [1.82, 2.24) is 14.4 Å². The number of nitrogens with two attached hydrogens (primary N) is 1. The average Bonchev–Trinajstić information content (AvgIpc) is 3.03.